The Balaban J connectivity index is 4.67. The Morgan fingerprint density at radius 3 is 1.72 bits per heavy atom. The lowest BCUT2D eigenvalue weighted by Crippen LogP contribution is -2.34. The van der Waals surface area contributed by atoms with E-state index in [1.54, 1.807) is 6.08 Å². The first-order valence-corrected chi connectivity index (χ1v) is 23.2. The molecule has 0 aromatic carbocycles. The molecule has 0 saturated heterocycles. The van der Waals surface area contributed by atoms with Gasteiger partial charge in [-0.2, -0.15) is 0 Å². The molecular weight excluding hydrogens is 797 g/mol. The zero-order valence-electron chi connectivity index (χ0n) is 36.6. The summed E-state index contributed by atoms with van der Waals surface area (Å²) in [6.07, 6.45) is 51.7. The van der Waals surface area contributed by atoms with Crippen LogP contribution >= 0.6 is 7.82 Å². The molecule has 5 N–H and O–H groups in total. The quantitative estimate of drug-likeness (QED) is 0.0151. The van der Waals surface area contributed by atoms with Crippen molar-refractivity contribution in [3.05, 3.63) is 122 Å². The van der Waals surface area contributed by atoms with E-state index >= 15 is 0 Å². The predicted octanol–water partition coefficient (Wildman–Crippen LogP) is 10.6. The Bertz CT molecular complexity index is 1510. The van der Waals surface area contributed by atoms with E-state index in [4.69, 9.17) is 24.8 Å². The molecule has 12 nitrogen and oxygen atoms in total. The van der Waals surface area contributed by atoms with E-state index in [9.17, 15) is 28.9 Å². The van der Waals surface area contributed by atoms with Crippen molar-refractivity contribution in [3.63, 3.8) is 0 Å². The van der Waals surface area contributed by atoms with Crippen LogP contribution < -0.4 is 5.73 Å². The summed E-state index contributed by atoms with van der Waals surface area (Å²) in [7, 11) is -4.77. The van der Waals surface area contributed by atoms with Gasteiger partial charge in [-0.1, -0.05) is 148 Å². The van der Waals surface area contributed by atoms with Gasteiger partial charge in [0.05, 0.1) is 19.3 Å². The van der Waals surface area contributed by atoms with Crippen LogP contribution in [-0.2, 0) is 37.5 Å². The van der Waals surface area contributed by atoms with Gasteiger partial charge in [0.15, 0.2) is 6.10 Å². The lowest BCUT2D eigenvalue weighted by atomic mass is 10.2. The minimum atomic E-state index is -4.77. The number of hydrogen-bond donors (Lipinski definition) is 4. The van der Waals surface area contributed by atoms with Gasteiger partial charge in [0.25, 0.3) is 0 Å². The van der Waals surface area contributed by atoms with E-state index in [0.717, 1.165) is 38.5 Å². The molecule has 0 aliphatic heterocycles. The number of carboxylic acid groups (broad SMARTS) is 1. The first-order chi connectivity index (χ1) is 29.5. The first-order valence-electron chi connectivity index (χ1n) is 21.7. The average molecular weight is 872 g/mol. The van der Waals surface area contributed by atoms with Crippen LogP contribution in [0.4, 0.5) is 0 Å². The summed E-state index contributed by atoms with van der Waals surface area (Å²) >= 11 is 0. The summed E-state index contributed by atoms with van der Waals surface area (Å²) in [6.45, 7) is 2.41. The molecule has 0 fully saturated rings. The van der Waals surface area contributed by atoms with Crippen LogP contribution in [0.15, 0.2) is 122 Å². The van der Waals surface area contributed by atoms with Crippen LogP contribution in [0.3, 0.4) is 0 Å². The summed E-state index contributed by atoms with van der Waals surface area (Å²) < 4.78 is 32.5. The van der Waals surface area contributed by atoms with Gasteiger partial charge in [-0.15, -0.1) is 0 Å². The average Bonchev–Trinajstić information content (AvgIpc) is 3.23. The number of ether oxygens (including phenoxy) is 2. The van der Waals surface area contributed by atoms with Gasteiger partial charge in [0.1, 0.15) is 12.6 Å². The lowest BCUT2D eigenvalue weighted by molar-refractivity contribution is -0.161. The number of phosphoric ester groups is 1. The molecule has 0 rings (SSSR count). The fourth-order valence-electron chi connectivity index (χ4n) is 4.87. The normalized spacial score (nSPS) is 15.4. The van der Waals surface area contributed by atoms with Crippen molar-refractivity contribution in [1.29, 1.82) is 0 Å². The van der Waals surface area contributed by atoms with E-state index in [2.05, 4.69) is 73.1 Å². The van der Waals surface area contributed by atoms with Crippen molar-refractivity contribution in [2.24, 2.45) is 5.73 Å². The van der Waals surface area contributed by atoms with Crippen LogP contribution in [0, 0.1) is 0 Å². The number of esters is 2. The summed E-state index contributed by atoms with van der Waals surface area (Å²) in [5, 5.41) is 18.9. The molecule has 0 heterocycles. The number of aliphatic hydroxyl groups excluding tert-OH is 1. The van der Waals surface area contributed by atoms with Gasteiger partial charge in [-0.05, 0) is 83.5 Å². The van der Waals surface area contributed by atoms with Crippen LogP contribution in [0.1, 0.15) is 123 Å². The first kappa shape index (κ1) is 56.8. The molecule has 342 valence electrons. The number of allylic oxidation sites excluding steroid dienone is 18. The van der Waals surface area contributed by atoms with Crippen molar-refractivity contribution >= 4 is 25.7 Å². The monoisotopic (exact) mass is 871 g/mol. The summed E-state index contributed by atoms with van der Waals surface area (Å²) in [5.41, 5.74) is 5.32. The maximum absolute atomic E-state index is 12.6. The number of carboxylic acids is 1. The van der Waals surface area contributed by atoms with E-state index in [-0.39, 0.29) is 12.8 Å². The third-order valence-corrected chi connectivity index (χ3v) is 9.24. The van der Waals surface area contributed by atoms with Crippen LogP contribution in [-0.4, -0.2) is 71.1 Å². The highest BCUT2D eigenvalue weighted by molar-refractivity contribution is 7.47. The number of unbranched alkanes of at least 4 members (excludes halogenated alkanes) is 4. The number of hydrogen-bond acceptors (Lipinski definition) is 10. The molecule has 2 unspecified atom stereocenters. The topological polar surface area (TPSA) is 192 Å². The van der Waals surface area contributed by atoms with Crippen molar-refractivity contribution in [3.8, 4) is 0 Å². The molecule has 0 amide bonds. The van der Waals surface area contributed by atoms with Crippen LogP contribution in [0.2, 0.25) is 0 Å². The Morgan fingerprint density at radius 1 is 0.607 bits per heavy atom. The van der Waals surface area contributed by atoms with Gasteiger partial charge < -0.3 is 30.3 Å². The van der Waals surface area contributed by atoms with Crippen molar-refractivity contribution in [2.75, 3.05) is 19.8 Å². The molecule has 0 aromatic rings. The smallest absolute Gasteiger partial charge is 0.472 e. The molecule has 13 heteroatoms. The van der Waals surface area contributed by atoms with Crippen molar-refractivity contribution in [1.82, 2.24) is 0 Å². The number of rotatable bonds is 38. The molecule has 4 atom stereocenters. The van der Waals surface area contributed by atoms with E-state index in [0.29, 0.717) is 38.5 Å². The molecule has 0 aliphatic rings. The number of carbonyl (C=O) groups excluding carboxylic acids is 2. The largest absolute Gasteiger partial charge is 0.480 e. The number of carbonyl (C=O) groups is 3. The van der Waals surface area contributed by atoms with E-state index < -0.39 is 63.8 Å². The molecule has 0 aliphatic carbocycles. The Labute approximate surface area is 365 Å². The number of phosphoric acid groups is 1. The van der Waals surface area contributed by atoms with Crippen molar-refractivity contribution in [2.45, 2.75) is 141 Å². The molecule has 0 bridgehead atoms. The SMILES string of the molecule is CC/C=C\C/C=C\CC(O)/C=C/C=C\C/C=C\CCCC(=O)OC[C@H](COP(=O)(O)OC[C@H](N)C(=O)O)OC(=O)CC/C=C\C/C=C\C/C=C\C/C=C\C/C=C\CCCCC. The summed E-state index contributed by atoms with van der Waals surface area (Å²) in [6, 6.07) is -1.56. The highest BCUT2D eigenvalue weighted by Crippen LogP contribution is 2.43. The third kappa shape index (κ3) is 41.0. The van der Waals surface area contributed by atoms with Crippen molar-refractivity contribution < 1.29 is 52.6 Å². The molecular formula is C48H74NO11P. The molecule has 0 radical (unpaired) electrons. The second-order valence-electron chi connectivity index (χ2n) is 13.9. The Kier molecular flexibility index (Phi) is 38.4. The van der Waals surface area contributed by atoms with Crippen LogP contribution in [0.5, 0.6) is 0 Å². The summed E-state index contributed by atoms with van der Waals surface area (Å²) in [4.78, 5) is 45.9. The molecule has 0 saturated carbocycles. The van der Waals surface area contributed by atoms with Gasteiger partial charge in [-0.25, -0.2) is 4.57 Å². The minimum absolute atomic E-state index is 0.00506. The summed E-state index contributed by atoms with van der Waals surface area (Å²) in [5.74, 6) is -2.63. The maximum atomic E-state index is 12.6. The van der Waals surface area contributed by atoms with E-state index in [1.807, 2.05) is 60.8 Å². The van der Waals surface area contributed by atoms with Crippen LogP contribution in [0.25, 0.3) is 0 Å². The van der Waals surface area contributed by atoms with Gasteiger partial charge >= 0.3 is 25.7 Å². The number of aliphatic carboxylic acids is 1. The van der Waals surface area contributed by atoms with Gasteiger partial charge in [-0.3, -0.25) is 23.4 Å². The zero-order valence-corrected chi connectivity index (χ0v) is 37.4. The maximum Gasteiger partial charge on any atom is 0.472 e. The molecule has 0 aromatic heterocycles. The number of aliphatic hydroxyl groups is 1. The van der Waals surface area contributed by atoms with Gasteiger partial charge in [0.2, 0.25) is 0 Å². The fourth-order valence-corrected chi connectivity index (χ4v) is 5.65. The second kappa shape index (κ2) is 41.2. The highest BCUT2D eigenvalue weighted by Gasteiger charge is 2.28. The Morgan fingerprint density at radius 2 is 1.13 bits per heavy atom. The number of nitrogens with two attached hydrogens (primary N) is 1. The fraction of sp³-hybridized carbons (Fsp3) is 0.521. The second-order valence-corrected chi connectivity index (χ2v) is 15.4. The third-order valence-electron chi connectivity index (χ3n) is 8.29. The Hall–Kier alpha value is -4.16. The zero-order chi connectivity index (χ0) is 45.1. The standard InChI is InChI=1S/C48H74NO11P/c1-3-5-7-9-11-12-13-14-15-16-17-18-19-20-21-22-27-31-35-39-47(52)60-44(41-58-61(55,56)59-42-45(49)48(53)54)40-57-46(51)38-34-30-26-24-23-25-29-33-37-43(50)36-32-28-10-8-6-4-2/h6,8,11-12,14-15,17-18,20-21,24-29,31-33,37,43-45,50H,3-5,7,9-10,13,16,19,22-23,30,34-36,38-42,49H2,1-2H3,(H,53,54)(H,55,56)/b8-6-,12-11-,15-14-,18-17-,21-20-,26-24-,29-25-,31-27-,32-28-,37-33+/t43?,44-,45+/m1/s1. The highest BCUT2D eigenvalue weighted by atomic mass is 31.2. The molecule has 0 spiro atoms. The van der Waals surface area contributed by atoms with E-state index in [1.165, 1.54) is 19.3 Å². The lowest BCUT2D eigenvalue weighted by Gasteiger charge is -2.20. The molecule has 61 heavy (non-hydrogen) atoms. The minimum Gasteiger partial charge on any atom is -0.480 e. The van der Waals surface area contributed by atoms with Gasteiger partial charge in [0, 0.05) is 12.8 Å². The predicted molar refractivity (Wildman–Crippen MR) is 245 cm³/mol.